The molecule has 21 heavy (non-hydrogen) atoms. The molecule has 0 saturated carbocycles. The molecule has 1 aliphatic rings. The fourth-order valence-electron chi connectivity index (χ4n) is 2.08. The third-order valence-electron chi connectivity index (χ3n) is 3.15. The Morgan fingerprint density at radius 3 is 2.67 bits per heavy atom. The number of aromatic nitrogens is 6. The van der Waals surface area contributed by atoms with Gasteiger partial charge in [-0.15, -0.1) is 0 Å². The van der Waals surface area contributed by atoms with Crippen LogP contribution in [-0.4, -0.2) is 55.7 Å². The highest BCUT2D eigenvalue weighted by Crippen LogP contribution is 2.16. The second kappa shape index (κ2) is 5.24. The SMILES string of the molecule is Nc1nc(NC2CCS(=O)(=O)CC2)nc(-n2cncn2)n1. The van der Waals surface area contributed by atoms with Gasteiger partial charge in [-0.2, -0.15) is 24.7 Å². The lowest BCUT2D eigenvalue weighted by Crippen LogP contribution is -2.33. The first-order chi connectivity index (χ1) is 10.0. The van der Waals surface area contributed by atoms with Crippen molar-refractivity contribution in [2.45, 2.75) is 18.9 Å². The molecule has 3 rings (SSSR count). The summed E-state index contributed by atoms with van der Waals surface area (Å²) in [6.07, 6.45) is 3.85. The van der Waals surface area contributed by atoms with E-state index in [0.717, 1.165) is 0 Å². The summed E-state index contributed by atoms with van der Waals surface area (Å²) in [6.45, 7) is 0. The smallest absolute Gasteiger partial charge is 0.258 e. The van der Waals surface area contributed by atoms with Crippen molar-refractivity contribution in [1.82, 2.24) is 29.7 Å². The predicted octanol–water partition coefficient (Wildman–Crippen LogP) is -0.976. The second-order valence-electron chi connectivity index (χ2n) is 4.73. The second-order valence-corrected chi connectivity index (χ2v) is 7.03. The van der Waals surface area contributed by atoms with Crippen LogP contribution in [0.5, 0.6) is 0 Å². The number of hydrogen-bond donors (Lipinski definition) is 2. The van der Waals surface area contributed by atoms with Crippen LogP contribution in [0.4, 0.5) is 11.9 Å². The van der Waals surface area contributed by atoms with E-state index in [0.29, 0.717) is 18.8 Å². The van der Waals surface area contributed by atoms with Gasteiger partial charge in [-0.1, -0.05) is 0 Å². The average Bonchev–Trinajstić information content (AvgIpc) is 2.95. The van der Waals surface area contributed by atoms with Gasteiger partial charge < -0.3 is 11.1 Å². The van der Waals surface area contributed by atoms with Crippen LogP contribution in [0, 0.1) is 0 Å². The van der Waals surface area contributed by atoms with Crippen molar-refractivity contribution in [3.05, 3.63) is 12.7 Å². The fourth-order valence-corrected chi connectivity index (χ4v) is 3.57. The zero-order valence-electron chi connectivity index (χ0n) is 11.0. The molecule has 0 aromatic carbocycles. The molecule has 112 valence electrons. The Hall–Kier alpha value is -2.30. The molecule has 1 saturated heterocycles. The average molecular weight is 310 g/mol. The van der Waals surface area contributed by atoms with E-state index in [1.54, 1.807) is 0 Å². The maximum atomic E-state index is 11.4. The molecule has 10 nitrogen and oxygen atoms in total. The summed E-state index contributed by atoms with van der Waals surface area (Å²) in [6, 6.07) is -0.000999. The normalized spacial score (nSPS) is 18.5. The van der Waals surface area contributed by atoms with Crippen LogP contribution in [0.2, 0.25) is 0 Å². The van der Waals surface area contributed by atoms with Gasteiger partial charge in [-0.3, -0.25) is 0 Å². The molecule has 0 atom stereocenters. The molecular formula is C10H14N8O2S. The summed E-state index contributed by atoms with van der Waals surface area (Å²) < 4.78 is 24.2. The first-order valence-corrected chi connectivity index (χ1v) is 8.17. The van der Waals surface area contributed by atoms with E-state index < -0.39 is 9.84 Å². The fraction of sp³-hybridized carbons (Fsp3) is 0.500. The van der Waals surface area contributed by atoms with Crippen molar-refractivity contribution in [3.63, 3.8) is 0 Å². The largest absolute Gasteiger partial charge is 0.368 e. The molecule has 0 bridgehead atoms. The summed E-state index contributed by atoms with van der Waals surface area (Å²) in [5.41, 5.74) is 5.65. The van der Waals surface area contributed by atoms with Crippen LogP contribution >= 0.6 is 0 Å². The van der Waals surface area contributed by atoms with Crippen LogP contribution < -0.4 is 11.1 Å². The van der Waals surface area contributed by atoms with Gasteiger partial charge in [-0.05, 0) is 12.8 Å². The Morgan fingerprint density at radius 2 is 2.00 bits per heavy atom. The number of hydrogen-bond acceptors (Lipinski definition) is 9. The van der Waals surface area contributed by atoms with Crippen molar-refractivity contribution >= 4 is 21.7 Å². The first kappa shape index (κ1) is 13.7. The van der Waals surface area contributed by atoms with Gasteiger partial charge in [0.25, 0.3) is 5.95 Å². The first-order valence-electron chi connectivity index (χ1n) is 6.35. The van der Waals surface area contributed by atoms with E-state index in [4.69, 9.17) is 5.73 Å². The molecule has 0 amide bonds. The van der Waals surface area contributed by atoms with Gasteiger partial charge >= 0.3 is 0 Å². The molecular weight excluding hydrogens is 296 g/mol. The quantitative estimate of drug-likeness (QED) is 0.731. The molecule has 2 aromatic rings. The van der Waals surface area contributed by atoms with E-state index in [9.17, 15) is 8.42 Å². The minimum absolute atomic E-state index is 0.000999. The summed E-state index contributed by atoms with van der Waals surface area (Å²) in [5.74, 6) is 0.951. The molecule has 1 fully saturated rings. The molecule has 11 heteroatoms. The predicted molar refractivity (Wildman–Crippen MR) is 74.5 cm³/mol. The Kier molecular flexibility index (Phi) is 3.41. The van der Waals surface area contributed by atoms with E-state index in [-0.39, 0.29) is 29.4 Å². The minimum atomic E-state index is -2.90. The highest BCUT2D eigenvalue weighted by molar-refractivity contribution is 7.91. The maximum Gasteiger partial charge on any atom is 0.258 e. The van der Waals surface area contributed by atoms with E-state index in [1.165, 1.54) is 17.3 Å². The highest BCUT2D eigenvalue weighted by atomic mass is 32.2. The van der Waals surface area contributed by atoms with Crippen LogP contribution in [-0.2, 0) is 9.84 Å². The number of nitrogens with one attached hydrogen (secondary N) is 1. The third kappa shape index (κ3) is 3.24. The summed E-state index contributed by atoms with van der Waals surface area (Å²) in [7, 11) is -2.90. The van der Waals surface area contributed by atoms with Crippen molar-refractivity contribution < 1.29 is 8.42 Å². The Balaban J connectivity index is 1.77. The zero-order valence-corrected chi connectivity index (χ0v) is 11.9. The molecule has 0 unspecified atom stereocenters. The monoisotopic (exact) mass is 310 g/mol. The van der Waals surface area contributed by atoms with Crippen LogP contribution in [0.15, 0.2) is 12.7 Å². The molecule has 0 spiro atoms. The lowest BCUT2D eigenvalue weighted by molar-refractivity contribution is 0.558. The topological polar surface area (TPSA) is 142 Å². The van der Waals surface area contributed by atoms with Crippen LogP contribution in [0.3, 0.4) is 0 Å². The maximum absolute atomic E-state index is 11.4. The molecule has 1 aliphatic heterocycles. The van der Waals surface area contributed by atoms with Crippen molar-refractivity contribution in [3.8, 4) is 5.95 Å². The van der Waals surface area contributed by atoms with Gasteiger partial charge in [-0.25, -0.2) is 13.4 Å². The van der Waals surface area contributed by atoms with Gasteiger partial charge in [0.1, 0.15) is 22.5 Å². The van der Waals surface area contributed by atoms with Gasteiger partial charge in [0.05, 0.1) is 11.5 Å². The molecule has 0 radical (unpaired) electrons. The molecule has 3 N–H and O–H groups in total. The summed E-state index contributed by atoms with van der Waals surface area (Å²) in [5, 5.41) is 7.02. The minimum Gasteiger partial charge on any atom is -0.368 e. The number of nitrogen functional groups attached to an aromatic ring is 1. The van der Waals surface area contributed by atoms with E-state index >= 15 is 0 Å². The highest BCUT2D eigenvalue weighted by Gasteiger charge is 2.24. The zero-order chi connectivity index (χ0) is 14.9. The number of nitrogens with two attached hydrogens (primary N) is 1. The Bertz CT molecular complexity index is 716. The van der Waals surface area contributed by atoms with Crippen molar-refractivity contribution in [2.24, 2.45) is 0 Å². The van der Waals surface area contributed by atoms with Crippen molar-refractivity contribution in [1.29, 1.82) is 0 Å². The number of nitrogens with zero attached hydrogens (tertiary/aromatic N) is 6. The standard InChI is InChI=1S/C10H14N8O2S/c11-8-15-9(14-7-1-3-21(19,20)4-2-7)17-10(16-8)18-6-12-5-13-18/h5-7H,1-4H2,(H3,11,14,15,16,17). The van der Waals surface area contributed by atoms with Gasteiger partial charge in [0.2, 0.25) is 11.9 Å². The summed E-state index contributed by atoms with van der Waals surface area (Å²) in [4.78, 5) is 16.0. The van der Waals surface area contributed by atoms with Gasteiger partial charge in [0.15, 0.2) is 0 Å². The molecule has 0 aliphatic carbocycles. The number of anilines is 2. The third-order valence-corrected chi connectivity index (χ3v) is 4.87. The lowest BCUT2D eigenvalue weighted by Gasteiger charge is -2.23. The van der Waals surface area contributed by atoms with Crippen molar-refractivity contribution in [2.75, 3.05) is 22.6 Å². The molecule has 3 heterocycles. The number of rotatable bonds is 3. The van der Waals surface area contributed by atoms with Crippen LogP contribution in [0.1, 0.15) is 12.8 Å². The molecule has 2 aromatic heterocycles. The summed E-state index contributed by atoms with van der Waals surface area (Å²) >= 11 is 0. The van der Waals surface area contributed by atoms with Crippen LogP contribution in [0.25, 0.3) is 5.95 Å². The van der Waals surface area contributed by atoms with E-state index in [1.807, 2.05) is 0 Å². The van der Waals surface area contributed by atoms with E-state index in [2.05, 4.69) is 30.4 Å². The lowest BCUT2D eigenvalue weighted by atomic mass is 10.2. The Labute approximate surface area is 120 Å². The van der Waals surface area contributed by atoms with Gasteiger partial charge in [0, 0.05) is 6.04 Å². The Morgan fingerprint density at radius 1 is 1.24 bits per heavy atom. The number of sulfone groups is 1.